The molecule has 0 saturated heterocycles. The molecule has 2 atom stereocenters. The number of carbonyl (C=O) groups is 1. The van der Waals surface area contributed by atoms with Crippen molar-refractivity contribution in [3.63, 3.8) is 0 Å². The number of hydrazone groups is 1. The normalized spacial score (nSPS) is 21.0. The Morgan fingerprint density at radius 2 is 1.86 bits per heavy atom. The Balaban J connectivity index is 1.17. The summed E-state index contributed by atoms with van der Waals surface area (Å²) in [6.45, 7) is 0.457. The molecule has 0 spiro atoms. The fourth-order valence-corrected chi connectivity index (χ4v) is 4.03. The number of carbonyl (C=O) groups excluding carboxylic acids is 1. The number of fused-ring (bicyclic) bond motifs is 2. The lowest BCUT2D eigenvalue weighted by Gasteiger charge is -2.31. The minimum Gasteiger partial charge on any atom is -0.489 e. The lowest BCUT2D eigenvalue weighted by molar-refractivity contribution is 0.0954. The van der Waals surface area contributed by atoms with Gasteiger partial charge in [0.15, 0.2) is 0 Å². The van der Waals surface area contributed by atoms with Gasteiger partial charge in [-0.15, -0.1) is 0 Å². The summed E-state index contributed by atoms with van der Waals surface area (Å²) in [6, 6.07) is 21.8. The smallest absolute Gasteiger partial charge is 0.271 e. The van der Waals surface area contributed by atoms with Crippen molar-refractivity contribution < 1.29 is 9.53 Å². The molecule has 1 amide bonds. The van der Waals surface area contributed by atoms with Crippen LogP contribution in [0.25, 0.3) is 10.8 Å². The Morgan fingerprint density at radius 1 is 1.03 bits per heavy atom. The van der Waals surface area contributed by atoms with Crippen molar-refractivity contribution in [2.75, 3.05) is 0 Å². The zero-order chi connectivity index (χ0) is 19.6. The third-order valence-electron chi connectivity index (χ3n) is 5.81. The van der Waals surface area contributed by atoms with Gasteiger partial charge in [-0.05, 0) is 59.4 Å². The van der Waals surface area contributed by atoms with E-state index >= 15 is 0 Å². The third kappa shape index (κ3) is 3.66. The Morgan fingerprint density at radius 3 is 2.69 bits per heavy atom. The van der Waals surface area contributed by atoms with Crippen molar-refractivity contribution in [3.05, 3.63) is 90.0 Å². The number of amides is 1. The Bertz CT molecular complexity index is 1120. The highest BCUT2D eigenvalue weighted by Crippen LogP contribution is 2.40. The maximum atomic E-state index is 12.3. The first-order valence-electron chi connectivity index (χ1n) is 10.0. The van der Waals surface area contributed by atoms with Gasteiger partial charge < -0.3 is 4.74 Å². The van der Waals surface area contributed by atoms with Crippen molar-refractivity contribution in [1.82, 2.24) is 5.43 Å². The molecule has 0 bridgehead atoms. The number of hydrogen-bond acceptors (Lipinski definition) is 3. The van der Waals surface area contributed by atoms with Gasteiger partial charge in [-0.2, -0.15) is 5.10 Å². The lowest BCUT2D eigenvalue weighted by Crippen LogP contribution is -2.35. The van der Waals surface area contributed by atoms with E-state index in [1.807, 2.05) is 48.5 Å². The molecule has 3 aromatic rings. The number of nitrogens with zero attached hydrogens (tertiary/aromatic N) is 1. The first-order valence-corrected chi connectivity index (χ1v) is 10.0. The largest absolute Gasteiger partial charge is 0.489 e. The van der Waals surface area contributed by atoms with Crippen molar-refractivity contribution in [1.29, 1.82) is 0 Å². The molecular formula is C25H22N2O2. The first-order chi connectivity index (χ1) is 14.3. The second-order valence-corrected chi connectivity index (χ2v) is 7.68. The van der Waals surface area contributed by atoms with Crippen LogP contribution in [0.15, 0.2) is 84.0 Å². The molecule has 0 aromatic heterocycles. The standard InChI is InChI=1S/C25H22N2O2/c28-25(27-26-24-15-21-6-3-7-23(21)24)19-10-8-17(9-11-19)16-29-22-13-12-18-4-1-2-5-20(18)14-22/h1-6,8-14,21,23H,7,15-16H2,(H,27,28)/b26-24-/t21-,23-/m1/s1. The third-order valence-corrected chi connectivity index (χ3v) is 5.81. The van der Waals surface area contributed by atoms with Crippen LogP contribution in [0.2, 0.25) is 0 Å². The van der Waals surface area contributed by atoms with E-state index < -0.39 is 0 Å². The molecule has 3 aromatic carbocycles. The van der Waals surface area contributed by atoms with Crippen LogP contribution in [-0.4, -0.2) is 11.6 Å². The summed E-state index contributed by atoms with van der Waals surface area (Å²) >= 11 is 0. The van der Waals surface area contributed by atoms with Gasteiger partial charge >= 0.3 is 0 Å². The maximum Gasteiger partial charge on any atom is 0.271 e. The van der Waals surface area contributed by atoms with E-state index in [2.05, 4.69) is 40.9 Å². The summed E-state index contributed by atoms with van der Waals surface area (Å²) in [5.74, 6) is 1.80. The van der Waals surface area contributed by atoms with Gasteiger partial charge in [-0.3, -0.25) is 4.79 Å². The average Bonchev–Trinajstić information content (AvgIpc) is 3.13. The van der Waals surface area contributed by atoms with E-state index in [0.717, 1.165) is 35.3 Å². The molecule has 0 unspecified atom stereocenters. The zero-order valence-corrected chi connectivity index (χ0v) is 16.0. The SMILES string of the molecule is O=C(N/N=C1/C[C@H]2C=CC[C@@H]12)c1ccc(COc2ccc3ccccc3c2)cc1. The molecule has 5 rings (SSSR count). The molecule has 1 saturated carbocycles. The van der Waals surface area contributed by atoms with Crippen LogP contribution in [0, 0.1) is 11.8 Å². The maximum absolute atomic E-state index is 12.3. The molecule has 4 nitrogen and oxygen atoms in total. The van der Waals surface area contributed by atoms with Gasteiger partial charge in [0.2, 0.25) is 0 Å². The fourth-order valence-electron chi connectivity index (χ4n) is 4.03. The number of benzene rings is 3. The van der Waals surface area contributed by atoms with Gasteiger partial charge in [0.25, 0.3) is 5.91 Å². The van der Waals surface area contributed by atoms with E-state index in [1.54, 1.807) is 0 Å². The van der Waals surface area contributed by atoms with Gasteiger partial charge in [0.05, 0.1) is 0 Å². The minimum atomic E-state index is -0.172. The van der Waals surface area contributed by atoms with Crippen LogP contribution in [-0.2, 0) is 6.61 Å². The van der Waals surface area contributed by atoms with Crippen LogP contribution in [0.1, 0.15) is 28.8 Å². The van der Waals surface area contributed by atoms with Crippen molar-refractivity contribution >= 4 is 22.4 Å². The second kappa shape index (κ2) is 7.55. The summed E-state index contributed by atoms with van der Waals surface area (Å²) in [4.78, 5) is 12.3. The molecule has 2 aliphatic carbocycles. The van der Waals surface area contributed by atoms with Gasteiger partial charge in [0, 0.05) is 17.2 Å². The van der Waals surface area contributed by atoms with Gasteiger partial charge in [-0.25, -0.2) is 5.43 Å². The zero-order valence-electron chi connectivity index (χ0n) is 16.0. The fraction of sp³-hybridized carbons (Fsp3) is 0.200. The first kappa shape index (κ1) is 17.7. The van der Waals surface area contributed by atoms with Crippen LogP contribution in [0.3, 0.4) is 0 Å². The van der Waals surface area contributed by atoms with Gasteiger partial charge in [0.1, 0.15) is 12.4 Å². The van der Waals surface area contributed by atoms with Crippen LogP contribution in [0.5, 0.6) is 5.75 Å². The minimum absolute atomic E-state index is 0.172. The quantitative estimate of drug-likeness (QED) is 0.493. The molecular weight excluding hydrogens is 360 g/mol. The molecule has 29 heavy (non-hydrogen) atoms. The topological polar surface area (TPSA) is 50.7 Å². The molecule has 2 aliphatic rings. The van der Waals surface area contributed by atoms with Crippen LogP contribution < -0.4 is 10.2 Å². The molecule has 0 radical (unpaired) electrons. The molecule has 0 heterocycles. The number of ether oxygens (including phenoxy) is 1. The van der Waals surface area contributed by atoms with Crippen LogP contribution >= 0.6 is 0 Å². The number of hydrogen-bond donors (Lipinski definition) is 1. The predicted octanol–water partition coefficient (Wildman–Crippen LogP) is 5.10. The van der Waals surface area contributed by atoms with Crippen molar-refractivity contribution in [3.8, 4) is 5.75 Å². The number of nitrogens with one attached hydrogen (secondary N) is 1. The monoisotopic (exact) mass is 382 g/mol. The highest BCUT2D eigenvalue weighted by Gasteiger charge is 2.38. The van der Waals surface area contributed by atoms with E-state index in [0.29, 0.717) is 24.0 Å². The summed E-state index contributed by atoms with van der Waals surface area (Å²) in [7, 11) is 0. The Hall–Kier alpha value is -3.40. The molecule has 4 heteroatoms. The highest BCUT2D eigenvalue weighted by molar-refractivity contribution is 5.98. The molecule has 1 N–H and O–H groups in total. The highest BCUT2D eigenvalue weighted by atomic mass is 16.5. The summed E-state index contributed by atoms with van der Waals surface area (Å²) in [6.07, 6.45) is 6.47. The van der Waals surface area contributed by atoms with E-state index in [9.17, 15) is 4.79 Å². The lowest BCUT2D eigenvalue weighted by atomic mass is 9.74. The number of allylic oxidation sites excluding steroid dienone is 2. The molecule has 0 aliphatic heterocycles. The number of rotatable bonds is 5. The second-order valence-electron chi connectivity index (χ2n) is 7.68. The molecule has 144 valence electrons. The summed E-state index contributed by atoms with van der Waals surface area (Å²) < 4.78 is 5.91. The molecule has 1 fully saturated rings. The van der Waals surface area contributed by atoms with Crippen LogP contribution in [0.4, 0.5) is 0 Å². The van der Waals surface area contributed by atoms with E-state index in [1.165, 1.54) is 5.39 Å². The Labute approximate surface area is 169 Å². The summed E-state index contributed by atoms with van der Waals surface area (Å²) in [5.41, 5.74) is 5.42. The average molecular weight is 382 g/mol. The van der Waals surface area contributed by atoms with Crippen molar-refractivity contribution in [2.45, 2.75) is 19.4 Å². The van der Waals surface area contributed by atoms with E-state index in [4.69, 9.17) is 4.74 Å². The van der Waals surface area contributed by atoms with E-state index in [-0.39, 0.29) is 5.91 Å². The van der Waals surface area contributed by atoms with Crippen molar-refractivity contribution in [2.24, 2.45) is 16.9 Å². The summed E-state index contributed by atoms with van der Waals surface area (Å²) in [5, 5.41) is 6.68. The Kier molecular flexibility index (Phi) is 4.60. The predicted molar refractivity (Wildman–Crippen MR) is 115 cm³/mol. The van der Waals surface area contributed by atoms with Gasteiger partial charge in [-0.1, -0.05) is 54.6 Å².